The van der Waals surface area contributed by atoms with Crippen LogP contribution in [-0.4, -0.2) is 27.0 Å². The molecule has 0 fully saturated rings. The highest BCUT2D eigenvalue weighted by Crippen LogP contribution is 2.16. The van der Waals surface area contributed by atoms with Gasteiger partial charge in [0.05, 0.1) is 6.42 Å². The molecule has 0 atom stereocenters. The molecule has 0 unspecified atom stereocenters. The van der Waals surface area contributed by atoms with E-state index in [9.17, 15) is 14.4 Å². The van der Waals surface area contributed by atoms with Crippen LogP contribution in [0.1, 0.15) is 16.1 Å². The number of benzene rings is 1. The molecule has 4 N–H and O–H groups in total. The molecule has 2 rings (SSSR count). The molecule has 0 bridgehead atoms. The van der Waals surface area contributed by atoms with Gasteiger partial charge in [-0.25, -0.2) is 4.79 Å². The smallest absolute Gasteiger partial charge is 0.323 e. The molecule has 2 aromatic rings. The van der Waals surface area contributed by atoms with Gasteiger partial charge in [-0.2, -0.15) is 0 Å². The van der Waals surface area contributed by atoms with Crippen LogP contribution in [0.25, 0.3) is 0 Å². The van der Waals surface area contributed by atoms with E-state index in [2.05, 4.69) is 15.3 Å². The predicted molar refractivity (Wildman–Crippen MR) is 67.1 cm³/mol. The number of hydrogen-bond acceptors (Lipinski definition) is 3. The van der Waals surface area contributed by atoms with Crippen LogP contribution in [0.4, 0.5) is 5.69 Å². The van der Waals surface area contributed by atoms with Crippen molar-refractivity contribution in [2.45, 2.75) is 6.42 Å². The number of amides is 1. The zero-order valence-corrected chi connectivity index (χ0v) is 9.77. The highest BCUT2D eigenvalue weighted by molar-refractivity contribution is 6.03. The SMILES string of the molecule is O=C(O)Cc1ccccc1NC(=O)c1c[nH]c(=O)[nH]1. The monoisotopic (exact) mass is 261 g/mol. The van der Waals surface area contributed by atoms with Crippen LogP contribution in [0.15, 0.2) is 35.3 Å². The van der Waals surface area contributed by atoms with Gasteiger partial charge in [0.1, 0.15) is 5.69 Å². The molecular weight excluding hydrogens is 250 g/mol. The first-order chi connectivity index (χ1) is 9.06. The number of imidazole rings is 1. The van der Waals surface area contributed by atoms with Gasteiger partial charge in [-0.1, -0.05) is 18.2 Å². The van der Waals surface area contributed by atoms with E-state index < -0.39 is 17.6 Å². The number of H-pyrrole nitrogens is 2. The van der Waals surface area contributed by atoms with E-state index in [1.165, 1.54) is 6.20 Å². The van der Waals surface area contributed by atoms with E-state index >= 15 is 0 Å². The van der Waals surface area contributed by atoms with Gasteiger partial charge >= 0.3 is 11.7 Å². The highest BCUT2D eigenvalue weighted by atomic mass is 16.4. The lowest BCUT2D eigenvalue weighted by Crippen LogP contribution is -2.16. The molecule has 19 heavy (non-hydrogen) atoms. The average molecular weight is 261 g/mol. The van der Waals surface area contributed by atoms with Crippen molar-refractivity contribution in [1.29, 1.82) is 0 Å². The summed E-state index contributed by atoms with van der Waals surface area (Å²) in [6.45, 7) is 0. The van der Waals surface area contributed by atoms with E-state index in [-0.39, 0.29) is 12.1 Å². The van der Waals surface area contributed by atoms with Crippen LogP contribution in [0.2, 0.25) is 0 Å². The predicted octanol–water partition coefficient (Wildman–Crippen LogP) is 0.582. The van der Waals surface area contributed by atoms with Gasteiger partial charge in [-0.15, -0.1) is 0 Å². The number of carboxylic acids is 1. The first-order valence-electron chi connectivity index (χ1n) is 5.45. The van der Waals surface area contributed by atoms with E-state index in [1.807, 2.05) is 0 Å². The first kappa shape index (κ1) is 12.6. The summed E-state index contributed by atoms with van der Waals surface area (Å²) < 4.78 is 0. The maximum Gasteiger partial charge on any atom is 0.323 e. The highest BCUT2D eigenvalue weighted by Gasteiger charge is 2.12. The van der Waals surface area contributed by atoms with Gasteiger partial charge in [0.15, 0.2) is 0 Å². The lowest BCUT2D eigenvalue weighted by molar-refractivity contribution is -0.136. The molecule has 1 aromatic heterocycles. The zero-order valence-electron chi connectivity index (χ0n) is 9.77. The molecule has 1 aromatic carbocycles. The van der Waals surface area contributed by atoms with Gasteiger partial charge in [-0.3, -0.25) is 9.59 Å². The molecule has 0 spiro atoms. The molecule has 98 valence electrons. The zero-order chi connectivity index (χ0) is 13.8. The summed E-state index contributed by atoms with van der Waals surface area (Å²) in [7, 11) is 0. The first-order valence-corrected chi connectivity index (χ1v) is 5.45. The summed E-state index contributed by atoms with van der Waals surface area (Å²) in [6.07, 6.45) is 1.05. The van der Waals surface area contributed by atoms with Gasteiger partial charge in [0, 0.05) is 11.9 Å². The quantitative estimate of drug-likeness (QED) is 0.644. The second kappa shape index (κ2) is 5.21. The maximum absolute atomic E-state index is 11.8. The van der Waals surface area contributed by atoms with Gasteiger partial charge in [0.25, 0.3) is 5.91 Å². The minimum absolute atomic E-state index is 0.0788. The number of rotatable bonds is 4. The number of nitrogens with one attached hydrogen (secondary N) is 3. The Labute approximate surface area is 107 Å². The van der Waals surface area contributed by atoms with E-state index in [0.717, 1.165) is 0 Å². The van der Waals surface area contributed by atoms with Crippen molar-refractivity contribution in [1.82, 2.24) is 9.97 Å². The number of carboxylic acid groups (broad SMARTS) is 1. The molecule has 0 aliphatic carbocycles. The molecule has 0 aliphatic heterocycles. The number of carbonyl (C=O) groups is 2. The van der Waals surface area contributed by atoms with Gasteiger partial charge in [0.2, 0.25) is 0 Å². The molecule has 0 saturated heterocycles. The Bertz CT molecular complexity index is 671. The molecule has 7 heteroatoms. The summed E-state index contributed by atoms with van der Waals surface area (Å²) >= 11 is 0. The van der Waals surface area contributed by atoms with Crippen molar-refractivity contribution in [3.63, 3.8) is 0 Å². The Morgan fingerprint density at radius 2 is 2.00 bits per heavy atom. The Balaban J connectivity index is 2.21. The third-order valence-electron chi connectivity index (χ3n) is 2.45. The third kappa shape index (κ3) is 3.09. The Hall–Kier alpha value is -2.83. The number of hydrogen-bond donors (Lipinski definition) is 4. The van der Waals surface area contributed by atoms with Crippen molar-refractivity contribution in [2.75, 3.05) is 5.32 Å². The van der Waals surface area contributed by atoms with Gasteiger partial charge in [-0.05, 0) is 11.6 Å². The second-order valence-electron chi connectivity index (χ2n) is 3.84. The summed E-state index contributed by atoms with van der Waals surface area (Å²) in [6, 6.07) is 6.58. The maximum atomic E-state index is 11.8. The molecule has 1 heterocycles. The fourth-order valence-electron chi connectivity index (χ4n) is 1.60. The Kier molecular flexibility index (Phi) is 3.46. The van der Waals surface area contributed by atoms with E-state index in [1.54, 1.807) is 24.3 Å². The number of anilines is 1. The Morgan fingerprint density at radius 1 is 1.26 bits per heavy atom. The largest absolute Gasteiger partial charge is 0.481 e. The standard InChI is InChI=1S/C12H11N3O4/c16-10(17)5-7-3-1-2-4-8(7)14-11(18)9-6-13-12(19)15-9/h1-4,6H,5H2,(H,14,18)(H,16,17)(H2,13,15,19). The lowest BCUT2D eigenvalue weighted by atomic mass is 10.1. The molecule has 0 saturated carbocycles. The van der Waals surface area contributed by atoms with Crippen molar-refractivity contribution in [3.8, 4) is 0 Å². The number of aromatic nitrogens is 2. The molecule has 7 nitrogen and oxygen atoms in total. The van der Waals surface area contributed by atoms with E-state index in [4.69, 9.17) is 5.11 Å². The minimum atomic E-state index is -0.989. The summed E-state index contributed by atoms with van der Waals surface area (Å²) in [5, 5.41) is 11.3. The third-order valence-corrected chi connectivity index (χ3v) is 2.45. The molecule has 0 radical (unpaired) electrons. The van der Waals surface area contributed by atoms with Gasteiger partial charge < -0.3 is 20.4 Å². The van der Waals surface area contributed by atoms with Crippen molar-refractivity contribution < 1.29 is 14.7 Å². The van der Waals surface area contributed by atoms with E-state index in [0.29, 0.717) is 11.3 Å². The van der Waals surface area contributed by atoms with Crippen LogP contribution in [0.5, 0.6) is 0 Å². The number of para-hydroxylation sites is 1. The number of aliphatic carboxylic acids is 1. The number of carbonyl (C=O) groups excluding carboxylic acids is 1. The summed E-state index contributed by atoms with van der Waals surface area (Å²) in [5.41, 5.74) is 0.484. The minimum Gasteiger partial charge on any atom is -0.481 e. The molecular formula is C12H11N3O4. The fraction of sp³-hybridized carbons (Fsp3) is 0.0833. The summed E-state index contributed by atoms with van der Waals surface area (Å²) in [5.74, 6) is -1.51. The normalized spacial score (nSPS) is 10.1. The second-order valence-corrected chi connectivity index (χ2v) is 3.84. The topological polar surface area (TPSA) is 115 Å². The summed E-state index contributed by atoms with van der Waals surface area (Å²) in [4.78, 5) is 38.1. The number of aromatic amines is 2. The Morgan fingerprint density at radius 3 is 2.63 bits per heavy atom. The van der Waals surface area contributed by atoms with Crippen LogP contribution in [-0.2, 0) is 11.2 Å². The van der Waals surface area contributed by atoms with Crippen LogP contribution in [0.3, 0.4) is 0 Å². The van der Waals surface area contributed by atoms with Crippen LogP contribution < -0.4 is 11.0 Å². The van der Waals surface area contributed by atoms with Crippen molar-refractivity contribution in [3.05, 3.63) is 52.2 Å². The molecule has 0 aliphatic rings. The fourth-order valence-corrected chi connectivity index (χ4v) is 1.60. The van der Waals surface area contributed by atoms with Crippen LogP contribution >= 0.6 is 0 Å². The average Bonchev–Trinajstić information content (AvgIpc) is 2.78. The van der Waals surface area contributed by atoms with Crippen molar-refractivity contribution in [2.24, 2.45) is 0 Å². The molecule has 1 amide bonds. The lowest BCUT2D eigenvalue weighted by Gasteiger charge is -2.08. The van der Waals surface area contributed by atoms with Crippen LogP contribution in [0, 0.1) is 0 Å². The van der Waals surface area contributed by atoms with Crippen molar-refractivity contribution >= 4 is 17.6 Å².